The molecule has 2 aromatic carbocycles. The van der Waals surface area contributed by atoms with E-state index in [-0.39, 0.29) is 22.6 Å². The first-order valence-electron chi connectivity index (χ1n) is 10.0. The van der Waals surface area contributed by atoms with E-state index in [9.17, 15) is 9.59 Å². The number of benzene rings is 2. The molecule has 5 nitrogen and oxygen atoms in total. The van der Waals surface area contributed by atoms with Gasteiger partial charge in [-0.2, -0.15) is 0 Å². The van der Waals surface area contributed by atoms with Crippen molar-refractivity contribution in [1.29, 1.82) is 0 Å². The van der Waals surface area contributed by atoms with Gasteiger partial charge in [-0.05, 0) is 35.2 Å². The van der Waals surface area contributed by atoms with Gasteiger partial charge >= 0.3 is 0 Å². The first-order chi connectivity index (χ1) is 14.7. The van der Waals surface area contributed by atoms with Gasteiger partial charge in [0.25, 0.3) is 11.5 Å². The number of hydrogen-bond acceptors (Lipinski definition) is 2. The van der Waals surface area contributed by atoms with Crippen LogP contribution in [0, 0.1) is 5.82 Å². The molecule has 2 aromatic heterocycles. The molecule has 4 rings (SSSR count). The molecule has 0 bridgehead atoms. The fourth-order valence-electron chi connectivity index (χ4n) is 3.64. The number of carbonyl (C=O) groups excluding carboxylic acids is 1. The van der Waals surface area contributed by atoms with Crippen molar-refractivity contribution in [2.75, 3.05) is 5.32 Å². The Morgan fingerprint density at radius 3 is 2.42 bits per heavy atom. The first kappa shape index (κ1) is 20.6. The third-order valence-electron chi connectivity index (χ3n) is 5.44. The monoisotopic (exact) mass is 417 g/mol. The summed E-state index contributed by atoms with van der Waals surface area (Å²) in [5.74, 6) is -0.938. The standard InChI is InChI=1S/C25H24FN3O2/c1-25(2,3)16-10-8-15(9-11-16)23(30)28-20-7-5-6-17(21(20)26)19-14-29(4)24(31)22-18(19)12-13-27-22/h5-14,27H,1-4H3,(H,28,30). The second-order valence-corrected chi connectivity index (χ2v) is 8.67. The average molecular weight is 417 g/mol. The Morgan fingerprint density at radius 2 is 1.74 bits per heavy atom. The summed E-state index contributed by atoms with van der Waals surface area (Å²) in [5, 5.41) is 3.30. The fraction of sp³-hybridized carbons (Fsp3) is 0.200. The number of fused-ring (bicyclic) bond motifs is 1. The molecule has 0 aliphatic rings. The van der Waals surface area contributed by atoms with Gasteiger partial charge < -0.3 is 14.9 Å². The van der Waals surface area contributed by atoms with Crippen LogP contribution in [0.15, 0.2) is 65.7 Å². The number of aryl methyl sites for hydroxylation is 1. The molecule has 158 valence electrons. The van der Waals surface area contributed by atoms with Crippen LogP contribution in [0.25, 0.3) is 22.0 Å². The van der Waals surface area contributed by atoms with Crippen LogP contribution < -0.4 is 10.9 Å². The number of hydrogen-bond donors (Lipinski definition) is 2. The van der Waals surface area contributed by atoms with Crippen molar-refractivity contribution >= 4 is 22.5 Å². The van der Waals surface area contributed by atoms with E-state index >= 15 is 4.39 Å². The third kappa shape index (κ3) is 3.77. The molecule has 2 N–H and O–H groups in total. The molecule has 4 aromatic rings. The molecule has 2 heterocycles. The summed E-state index contributed by atoms with van der Waals surface area (Å²) in [6.45, 7) is 6.30. The van der Waals surface area contributed by atoms with Crippen LogP contribution in [0.3, 0.4) is 0 Å². The Bertz CT molecular complexity index is 1340. The highest BCUT2D eigenvalue weighted by Gasteiger charge is 2.18. The second kappa shape index (κ2) is 7.54. The number of anilines is 1. The molecular formula is C25H24FN3O2. The number of aromatic amines is 1. The van der Waals surface area contributed by atoms with Crippen molar-refractivity contribution < 1.29 is 9.18 Å². The summed E-state index contributed by atoms with van der Waals surface area (Å²) in [4.78, 5) is 27.9. The molecule has 0 aliphatic heterocycles. The quantitative estimate of drug-likeness (QED) is 0.480. The lowest BCUT2D eigenvalue weighted by atomic mass is 9.87. The highest BCUT2D eigenvalue weighted by Crippen LogP contribution is 2.32. The minimum Gasteiger partial charge on any atom is -0.357 e. The maximum Gasteiger partial charge on any atom is 0.274 e. The smallest absolute Gasteiger partial charge is 0.274 e. The molecule has 0 saturated heterocycles. The number of nitrogens with zero attached hydrogens (tertiary/aromatic N) is 1. The van der Waals surface area contributed by atoms with E-state index < -0.39 is 5.82 Å². The highest BCUT2D eigenvalue weighted by molar-refractivity contribution is 6.05. The van der Waals surface area contributed by atoms with Crippen LogP contribution in [0.2, 0.25) is 0 Å². The Hall–Kier alpha value is -3.67. The van der Waals surface area contributed by atoms with E-state index in [1.807, 2.05) is 12.1 Å². The van der Waals surface area contributed by atoms with Crippen LogP contribution in [0.5, 0.6) is 0 Å². The first-order valence-corrected chi connectivity index (χ1v) is 10.0. The normalized spacial score (nSPS) is 11.6. The molecule has 0 radical (unpaired) electrons. The third-order valence-corrected chi connectivity index (χ3v) is 5.44. The summed E-state index contributed by atoms with van der Waals surface area (Å²) < 4.78 is 16.8. The zero-order valence-corrected chi connectivity index (χ0v) is 17.9. The number of amides is 1. The fourth-order valence-corrected chi connectivity index (χ4v) is 3.64. The topological polar surface area (TPSA) is 66.9 Å². The largest absolute Gasteiger partial charge is 0.357 e. The van der Waals surface area contributed by atoms with Gasteiger partial charge in [-0.15, -0.1) is 0 Å². The van der Waals surface area contributed by atoms with Gasteiger partial charge in [0.15, 0.2) is 5.82 Å². The van der Waals surface area contributed by atoms with Gasteiger partial charge in [0.05, 0.1) is 5.69 Å². The van der Waals surface area contributed by atoms with Gasteiger partial charge in [-0.3, -0.25) is 9.59 Å². The van der Waals surface area contributed by atoms with Crippen molar-refractivity contribution in [1.82, 2.24) is 9.55 Å². The predicted molar refractivity (Wildman–Crippen MR) is 122 cm³/mol. The van der Waals surface area contributed by atoms with E-state index in [0.717, 1.165) is 5.56 Å². The molecule has 0 spiro atoms. The molecule has 0 atom stereocenters. The van der Waals surface area contributed by atoms with Gasteiger partial charge in [-0.1, -0.05) is 45.0 Å². The van der Waals surface area contributed by atoms with Gasteiger partial charge in [0.1, 0.15) is 5.52 Å². The summed E-state index contributed by atoms with van der Waals surface area (Å²) in [6, 6.07) is 13.9. The molecule has 0 aliphatic carbocycles. The number of aromatic nitrogens is 2. The lowest BCUT2D eigenvalue weighted by Crippen LogP contribution is -2.17. The Morgan fingerprint density at radius 1 is 1.03 bits per heavy atom. The molecule has 0 unspecified atom stereocenters. The molecule has 31 heavy (non-hydrogen) atoms. The Labute approximate surface area is 179 Å². The Balaban J connectivity index is 1.69. The van der Waals surface area contributed by atoms with Crippen LogP contribution in [0.1, 0.15) is 36.7 Å². The molecular weight excluding hydrogens is 393 g/mol. The van der Waals surface area contributed by atoms with Crippen LogP contribution in [0.4, 0.5) is 10.1 Å². The van der Waals surface area contributed by atoms with Gasteiger partial charge in [0, 0.05) is 41.5 Å². The van der Waals surface area contributed by atoms with Crippen LogP contribution in [-0.2, 0) is 12.5 Å². The average Bonchev–Trinajstić information content (AvgIpc) is 3.22. The Kier molecular flexibility index (Phi) is 5.01. The van der Waals surface area contributed by atoms with Crippen LogP contribution >= 0.6 is 0 Å². The van der Waals surface area contributed by atoms with Crippen molar-refractivity contribution in [3.05, 3.63) is 88.2 Å². The maximum atomic E-state index is 15.4. The van der Waals surface area contributed by atoms with Crippen molar-refractivity contribution in [2.24, 2.45) is 7.05 Å². The summed E-state index contributed by atoms with van der Waals surface area (Å²) in [7, 11) is 1.62. The number of nitrogens with one attached hydrogen (secondary N) is 2. The number of carbonyl (C=O) groups is 1. The molecule has 0 fully saturated rings. The lowest BCUT2D eigenvalue weighted by molar-refractivity contribution is 0.102. The van der Waals surface area contributed by atoms with E-state index in [4.69, 9.17) is 0 Å². The van der Waals surface area contributed by atoms with Gasteiger partial charge in [0.2, 0.25) is 0 Å². The van der Waals surface area contributed by atoms with Crippen molar-refractivity contribution in [2.45, 2.75) is 26.2 Å². The van der Waals surface area contributed by atoms with Crippen molar-refractivity contribution in [3.8, 4) is 11.1 Å². The zero-order chi connectivity index (χ0) is 22.3. The molecule has 0 saturated carbocycles. The summed E-state index contributed by atoms with van der Waals surface area (Å²) in [5.41, 5.74) is 2.73. The lowest BCUT2D eigenvalue weighted by Gasteiger charge is -2.19. The minimum atomic E-state index is -0.552. The van der Waals surface area contributed by atoms with Crippen LogP contribution in [-0.4, -0.2) is 15.5 Å². The minimum absolute atomic E-state index is 0.0191. The van der Waals surface area contributed by atoms with Crippen molar-refractivity contribution in [3.63, 3.8) is 0 Å². The second-order valence-electron chi connectivity index (χ2n) is 8.67. The van der Waals surface area contributed by atoms with Gasteiger partial charge in [-0.25, -0.2) is 4.39 Å². The summed E-state index contributed by atoms with van der Waals surface area (Å²) in [6.07, 6.45) is 3.26. The van der Waals surface area contributed by atoms with E-state index in [1.165, 1.54) is 10.6 Å². The maximum absolute atomic E-state index is 15.4. The highest BCUT2D eigenvalue weighted by atomic mass is 19.1. The molecule has 6 heteroatoms. The number of rotatable bonds is 3. The van der Waals surface area contributed by atoms with E-state index in [1.54, 1.807) is 49.8 Å². The number of H-pyrrole nitrogens is 1. The van der Waals surface area contributed by atoms with E-state index in [0.29, 0.717) is 27.6 Å². The van der Waals surface area contributed by atoms with E-state index in [2.05, 4.69) is 31.1 Å². The summed E-state index contributed by atoms with van der Waals surface area (Å²) >= 11 is 0. The number of pyridine rings is 1. The predicted octanol–water partition coefficient (Wildman–Crippen LogP) is 5.22. The molecule has 1 amide bonds. The zero-order valence-electron chi connectivity index (χ0n) is 17.9. The SMILES string of the molecule is Cn1cc(-c2cccc(NC(=O)c3ccc(C(C)(C)C)cc3)c2F)c2cc[nH]c2c1=O. The number of halogens is 1.